The Morgan fingerprint density at radius 3 is 1.84 bits per heavy atom. The Kier molecular flexibility index (Phi) is 10.2. The summed E-state index contributed by atoms with van der Waals surface area (Å²) in [5, 5.41) is 2.53. The van der Waals surface area contributed by atoms with E-state index in [0.717, 1.165) is 17.5 Å². The van der Waals surface area contributed by atoms with Crippen LogP contribution in [-0.2, 0) is 27.2 Å². The van der Waals surface area contributed by atoms with Gasteiger partial charge in [0.25, 0.3) is 5.91 Å². The van der Waals surface area contributed by atoms with Crippen LogP contribution in [0.5, 0.6) is 0 Å². The number of hydrogen-bond acceptors (Lipinski definition) is 3. The Bertz CT molecular complexity index is 802. The van der Waals surface area contributed by atoms with Crippen molar-refractivity contribution in [2.24, 2.45) is 5.73 Å². The lowest BCUT2D eigenvalue weighted by Crippen LogP contribution is -2.56. The molecule has 3 N–H and O–H groups in total. The maximum absolute atomic E-state index is 13.2. The van der Waals surface area contributed by atoms with Crippen LogP contribution in [0.4, 0.5) is 0 Å². The smallest absolute Gasteiger partial charge is 0.254 e. The summed E-state index contributed by atoms with van der Waals surface area (Å²) in [5.41, 5.74) is 7.67. The van der Waals surface area contributed by atoms with Gasteiger partial charge >= 0.3 is 0 Å². The molecule has 2 rings (SSSR count). The summed E-state index contributed by atoms with van der Waals surface area (Å²) in [6, 6.07) is 18.2. The van der Waals surface area contributed by atoms with Crippen LogP contribution < -0.4 is 11.1 Å². The Morgan fingerprint density at radius 1 is 0.935 bits per heavy atom. The van der Waals surface area contributed by atoms with Crippen LogP contribution in [0.25, 0.3) is 0 Å². The van der Waals surface area contributed by atoms with Gasteiger partial charge in [-0.25, -0.2) is 0 Å². The van der Waals surface area contributed by atoms with Crippen LogP contribution in [0, 0.1) is 0 Å². The van der Waals surface area contributed by atoms with E-state index < -0.39 is 28.6 Å². The molecule has 0 aliphatic carbocycles. The number of rotatable bonds is 12. The first-order chi connectivity index (χ1) is 14.9. The Hall–Kier alpha value is -2.67. The minimum atomic E-state index is -1.39. The summed E-state index contributed by atoms with van der Waals surface area (Å²) in [6.07, 6.45) is 2.66. The van der Waals surface area contributed by atoms with Gasteiger partial charge in [0.2, 0.25) is 11.8 Å². The highest BCUT2D eigenvalue weighted by Gasteiger charge is 2.31. The largest absolute Gasteiger partial charge is 0.367 e. The maximum atomic E-state index is 13.2. The lowest BCUT2D eigenvalue weighted by Gasteiger charge is -2.27. The third-order valence-corrected chi connectivity index (χ3v) is 5.86. The fourth-order valence-electron chi connectivity index (χ4n) is 3.20. The van der Waals surface area contributed by atoms with Crippen LogP contribution in [0.3, 0.4) is 0 Å². The molecule has 0 saturated carbocycles. The lowest BCUT2D eigenvalue weighted by atomic mass is 10.1. The molecule has 0 bridgehead atoms. The molecule has 0 aromatic heterocycles. The topological polar surface area (TPSA) is 92.5 Å². The zero-order valence-electron chi connectivity index (χ0n) is 17.8. The van der Waals surface area contributed by atoms with Crippen LogP contribution in [0.1, 0.15) is 30.9 Å². The maximum Gasteiger partial charge on any atom is 0.254 e. The zero-order chi connectivity index (χ0) is 22.6. The van der Waals surface area contributed by atoms with E-state index in [1.54, 1.807) is 4.90 Å². The van der Waals surface area contributed by atoms with Crippen molar-refractivity contribution < 1.29 is 14.4 Å². The number of primary amides is 1. The number of amides is 3. The minimum absolute atomic E-state index is 0.412. The number of halogens is 1. The fourth-order valence-corrected chi connectivity index (χ4v) is 3.79. The SMILES string of the molecule is CCCC(Br)C(=O)NC(C(N)=O)C(=O)N(CCc1ccccc1)CCc1ccccc1. The van der Waals surface area contributed by atoms with Gasteiger partial charge < -0.3 is 16.0 Å². The first kappa shape index (κ1) is 24.6. The van der Waals surface area contributed by atoms with Gasteiger partial charge in [-0.15, -0.1) is 0 Å². The van der Waals surface area contributed by atoms with Gasteiger partial charge in [0.05, 0.1) is 4.83 Å². The molecule has 0 saturated heterocycles. The summed E-state index contributed by atoms with van der Waals surface area (Å²) >= 11 is 3.30. The molecule has 0 heterocycles. The Labute approximate surface area is 192 Å². The number of hydrogen-bond donors (Lipinski definition) is 2. The van der Waals surface area contributed by atoms with Crippen molar-refractivity contribution in [1.82, 2.24) is 10.2 Å². The number of nitrogens with two attached hydrogens (primary N) is 1. The summed E-state index contributed by atoms with van der Waals surface area (Å²) in [5.74, 6) is -1.76. The summed E-state index contributed by atoms with van der Waals surface area (Å²) in [6.45, 7) is 2.79. The fraction of sp³-hybridized carbons (Fsp3) is 0.375. The van der Waals surface area contributed by atoms with Crippen molar-refractivity contribution in [1.29, 1.82) is 0 Å². The van der Waals surface area contributed by atoms with Gasteiger partial charge in [-0.05, 0) is 30.4 Å². The van der Waals surface area contributed by atoms with E-state index in [-0.39, 0.29) is 0 Å². The van der Waals surface area contributed by atoms with Crippen molar-refractivity contribution in [3.05, 3.63) is 71.8 Å². The van der Waals surface area contributed by atoms with Gasteiger partial charge in [0.15, 0.2) is 6.04 Å². The van der Waals surface area contributed by atoms with Gasteiger partial charge in [-0.1, -0.05) is 89.9 Å². The number of benzene rings is 2. The van der Waals surface area contributed by atoms with E-state index in [1.165, 1.54) is 0 Å². The van der Waals surface area contributed by atoms with E-state index in [0.29, 0.717) is 32.4 Å². The summed E-state index contributed by atoms with van der Waals surface area (Å²) < 4.78 is 0. The first-order valence-corrected chi connectivity index (χ1v) is 11.4. The quantitative estimate of drug-likeness (QED) is 0.356. The van der Waals surface area contributed by atoms with Crippen molar-refractivity contribution in [3.8, 4) is 0 Å². The highest BCUT2D eigenvalue weighted by molar-refractivity contribution is 9.10. The molecule has 2 aromatic carbocycles. The van der Waals surface area contributed by atoms with Crippen molar-refractivity contribution in [3.63, 3.8) is 0 Å². The van der Waals surface area contributed by atoms with Crippen molar-refractivity contribution in [2.75, 3.05) is 13.1 Å². The molecule has 31 heavy (non-hydrogen) atoms. The van der Waals surface area contributed by atoms with Gasteiger partial charge in [0, 0.05) is 13.1 Å². The number of alkyl halides is 1. The molecule has 7 heteroatoms. The van der Waals surface area contributed by atoms with E-state index in [2.05, 4.69) is 21.2 Å². The molecule has 0 fully saturated rings. The van der Waals surface area contributed by atoms with Crippen molar-refractivity contribution in [2.45, 2.75) is 43.5 Å². The first-order valence-electron chi connectivity index (χ1n) is 10.5. The average molecular weight is 488 g/mol. The zero-order valence-corrected chi connectivity index (χ0v) is 19.4. The standard InChI is InChI=1S/C24H30BrN3O3/c1-2-9-20(25)23(30)27-21(22(26)29)24(31)28(16-14-18-10-5-3-6-11-18)17-15-19-12-7-4-8-13-19/h3-8,10-13,20-21H,2,9,14-17H2,1H3,(H2,26,29)(H,27,30). The molecule has 0 radical (unpaired) electrons. The molecule has 2 aromatic rings. The van der Waals surface area contributed by atoms with Gasteiger partial charge in [-0.3, -0.25) is 14.4 Å². The normalized spacial score (nSPS) is 12.6. The molecular weight excluding hydrogens is 458 g/mol. The average Bonchev–Trinajstić information content (AvgIpc) is 2.78. The van der Waals surface area contributed by atoms with Crippen molar-refractivity contribution >= 4 is 33.7 Å². The molecule has 166 valence electrons. The van der Waals surface area contributed by atoms with Crippen LogP contribution in [-0.4, -0.2) is 46.6 Å². The van der Waals surface area contributed by atoms with E-state index in [1.807, 2.05) is 67.6 Å². The number of carbonyl (C=O) groups excluding carboxylic acids is 3. The molecule has 3 amide bonds. The van der Waals surface area contributed by atoms with Gasteiger partial charge in [-0.2, -0.15) is 0 Å². The van der Waals surface area contributed by atoms with Crippen LogP contribution >= 0.6 is 15.9 Å². The second kappa shape index (κ2) is 12.9. The molecule has 6 nitrogen and oxygen atoms in total. The van der Waals surface area contributed by atoms with Crippen LogP contribution in [0.15, 0.2) is 60.7 Å². The second-order valence-electron chi connectivity index (χ2n) is 7.40. The van der Waals surface area contributed by atoms with E-state index in [9.17, 15) is 14.4 Å². The highest BCUT2D eigenvalue weighted by atomic mass is 79.9. The summed E-state index contributed by atoms with van der Waals surface area (Å²) in [4.78, 5) is 38.8. The molecule has 0 aliphatic rings. The highest BCUT2D eigenvalue weighted by Crippen LogP contribution is 2.10. The molecule has 0 spiro atoms. The predicted molar refractivity (Wildman–Crippen MR) is 126 cm³/mol. The van der Waals surface area contributed by atoms with E-state index in [4.69, 9.17) is 5.73 Å². The minimum Gasteiger partial charge on any atom is -0.367 e. The monoisotopic (exact) mass is 487 g/mol. The van der Waals surface area contributed by atoms with Crippen LogP contribution in [0.2, 0.25) is 0 Å². The molecule has 2 atom stereocenters. The summed E-state index contributed by atoms with van der Waals surface area (Å²) in [7, 11) is 0. The number of nitrogens with one attached hydrogen (secondary N) is 1. The number of nitrogens with zero attached hydrogens (tertiary/aromatic N) is 1. The Balaban J connectivity index is 2.14. The predicted octanol–water partition coefficient (Wildman–Crippen LogP) is 2.83. The molecule has 0 aliphatic heterocycles. The van der Waals surface area contributed by atoms with E-state index >= 15 is 0 Å². The third kappa shape index (κ3) is 8.17. The molecule has 2 unspecified atom stereocenters. The third-order valence-electron chi connectivity index (χ3n) is 4.98. The Morgan fingerprint density at radius 2 is 1.42 bits per heavy atom. The number of carbonyl (C=O) groups is 3. The molecular formula is C24H30BrN3O3. The van der Waals surface area contributed by atoms with Gasteiger partial charge in [0.1, 0.15) is 0 Å². The second-order valence-corrected chi connectivity index (χ2v) is 8.50. The lowest BCUT2D eigenvalue weighted by molar-refractivity contribution is -0.141.